The Bertz CT molecular complexity index is 661. The lowest BCUT2D eigenvalue weighted by molar-refractivity contribution is -0.143. The molecule has 128 valence electrons. The predicted octanol–water partition coefficient (Wildman–Crippen LogP) is 3.22. The Morgan fingerprint density at radius 2 is 1.83 bits per heavy atom. The van der Waals surface area contributed by atoms with Gasteiger partial charge in [0.1, 0.15) is 0 Å². The largest absolute Gasteiger partial charge is 0.399 e. The number of ether oxygens (including phenoxy) is 1. The Balaban J connectivity index is 0.00000208. The zero-order valence-electron chi connectivity index (χ0n) is 13.7. The molecule has 1 saturated heterocycles. The molecule has 0 bridgehead atoms. The maximum atomic E-state index is 12.8. The molecule has 2 atom stereocenters. The first kappa shape index (κ1) is 18.3. The predicted molar refractivity (Wildman–Crippen MR) is 98.1 cm³/mol. The van der Waals surface area contributed by atoms with Gasteiger partial charge in [0, 0.05) is 12.2 Å². The van der Waals surface area contributed by atoms with Gasteiger partial charge in [0.25, 0.3) is 0 Å². The normalized spacial score (nSPS) is 20.3. The second kappa shape index (κ2) is 8.18. The Hall–Kier alpha value is -2.04. The van der Waals surface area contributed by atoms with Crippen molar-refractivity contribution >= 4 is 24.0 Å². The zero-order valence-corrected chi connectivity index (χ0v) is 14.5. The Morgan fingerprint density at radius 3 is 2.50 bits per heavy atom. The minimum Gasteiger partial charge on any atom is -0.399 e. The second-order valence-corrected chi connectivity index (χ2v) is 6.03. The van der Waals surface area contributed by atoms with E-state index in [0.717, 1.165) is 11.1 Å². The molecule has 4 nitrogen and oxygen atoms in total. The van der Waals surface area contributed by atoms with Gasteiger partial charge >= 0.3 is 0 Å². The van der Waals surface area contributed by atoms with E-state index in [4.69, 9.17) is 10.5 Å². The van der Waals surface area contributed by atoms with Gasteiger partial charge in [-0.25, -0.2) is 0 Å². The highest BCUT2D eigenvalue weighted by molar-refractivity contribution is 5.85. The average molecular weight is 347 g/mol. The summed E-state index contributed by atoms with van der Waals surface area (Å²) in [6.45, 7) is 3.16. The van der Waals surface area contributed by atoms with Gasteiger partial charge in [-0.15, -0.1) is 12.4 Å². The first-order valence-electron chi connectivity index (χ1n) is 7.94. The Labute approximate surface area is 149 Å². The number of nitrogens with zero attached hydrogens (tertiary/aromatic N) is 1. The van der Waals surface area contributed by atoms with Gasteiger partial charge in [0.2, 0.25) is 5.91 Å². The summed E-state index contributed by atoms with van der Waals surface area (Å²) in [5, 5.41) is 0. The number of amides is 1. The first-order chi connectivity index (χ1) is 11.1. The molecule has 2 aromatic carbocycles. The van der Waals surface area contributed by atoms with Gasteiger partial charge in [-0.05, 0) is 30.2 Å². The number of nitrogens with two attached hydrogens (primary N) is 1. The van der Waals surface area contributed by atoms with Gasteiger partial charge in [0.05, 0.1) is 25.2 Å². The van der Waals surface area contributed by atoms with Crippen molar-refractivity contribution in [3.8, 4) is 0 Å². The van der Waals surface area contributed by atoms with Gasteiger partial charge in [0.15, 0.2) is 0 Å². The molecule has 1 amide bonds. The van der Waals surface area contributed by atoms with Crippen LogP contribution in [0, 0.1) is 0 Å². The first-order valence-corrected chi connectivity index (χ1v) is 7.94. The summed E-state index contributed by atoms with van der Waals surface area (Å²) in [6, 6.07) is 17.5. The van der Waals surface area contributed by atoms with Crippen molar-refractivity contribution in [1.82, 2.24) is 4.90 Å². The van der Waals surface area contributed by atoms with E-state index < -0.39 is 0 Å². The van der Waals surface area contributed by atoms with Crippen LogP contribution in [0.3, 0.4) is 0 Å². The molecule has 0 radical (unpaired) electrons. The van der Waals surface area contributed by atoms with Crippen molar-refractivity contribution in [2.75, 3.05) is 18.9 Å². The molecule has 1 aliphatic heterocycles. The molecule has 5 heteroatoms. The van der Waals surface area contributed by atoms with Crippen LogP contribution in [0.15, 0.2) is 54.6 Å². The number of morpholine rings is 1. The molecule has 0 aromatic heterocycles. The molecular formula is C19H23ClN2O2. The second-order valence-electron chi connectivity index (χ2n) is 6.03. The number of anilines is 1. The minimum atomic E-state index is -0.0197. The van der Waals surface area contributed by atoms with Crippen molar-refractivity contribution in [1.29, 1.82) is 0 Å². The molecule has 2 N–H and O–H groups in total. The molecule has 0 saturated carbocycles. The van der Waals surface area contributed by atoms with E-state index in [0.29, 0.717) is 25.3 Å². The summed E-state index contributed by atoms with van der Waals surface area (Å²) in [5.41, 5.74) is 8.51. The summed E-state index contributed by atoms with van der Waals surface area (Å²) in [4.78, 5) is 14.8. The number of halogens is 1. The van der Waals surface area contributed by atoms with Crippen LogP contribution in [0.25, 0.3) is 0 Å². The highest BCUT2D eigenvalue weighted by Crippen LogP contribution is 2.27. The van der Waals surface area contributed by atoms with Crippen LogP contribution in [-0.2, 0) is 16.0 Å². The lowest BCUT2D eigenvalue weighted by Crippen LogP contribution is -2.47. The maximum Gasteiger partial charge on any atom is 0.227 e. The van der Waals surface area contributed by atoms with Gasteiger partial charge in [-0.3, -0.25) is 4.79 Å². The van der Waals surface area contributed by atoms with E-state index in [1.807, 2.05) is 66.4 Å². The summed E-state index contributed by atoms with van der Waals surface area (Å²) in [6.07, 6.45) is 0.446. The number of nitrogen functional groups attached to an aromatic ring is 1. The molecule has 1 heterocycles. The van der Waals surface area contributed by atoms with E-state index in [1.165, 1.54) is 0 Å². The van der Waals surface area contributed by atoms with Gasteiger partial charge in [-0.1, -0.05) is 42.5 Å². The lowest BCUT2D eigenvalue weighted by Gasteiger charge is -2.39. The number of carbonyl (C=O) groups is 1. The fourth-order valence-corrected chi connectivity index (χ4v) is 2.94. The van der Waals surface area contributed by atoms with Crippen LogP contribution in [0.4, 0.5) is 5.69 Å². The number of hydrogen-bond donors (Lipinski definition) is 1. The quantitative estimate of drug-likeness (QED) is 0.868. The molecule has 24 heavy (non-hydrogen) atoms. The third-order valence-electron chi connectivity index (χ3n) is 4.21. The maximum absolute atomic E-state index is 12.8. The van der Waals surface area contributed by atoms with Crippen LogP contribution in [0.5, 0.6) is 0 Å². The van der Waals surface area contributed by atoms with E-state index in [9.17, 15) is 4.79 Å². The molecular weight excluding hydrogens is 324 g/mol. The van der Waals surface area contributed by atoms with Crippen LogP contribution in [-0.4, -0.2) is 30.1 Å². The van der Waals surface area contributed by atoms with E-state index in [2.05, 4.69) is 0 Å². The molecule has 2 unspecified atom stereocenters. The standard InChI is InChI=1S/C19H22N2O2.ClH/c1-14-12-21(18(13-23-14)16-5-3-2-4-6-16)19(22)11-15-7-9-17(20)10-8-15;/h2-10,14,18H,11-13,20H2,1H3;1H. The van der Waals surface area contributed by atoms with Crippen LogP contribution in [0.2, 0.25) is 0 Å². The topological polar surface area (TPSA) is 55.6 Å². The summed E-state index contributed by atoms with van der Waals surface area (Å²) < 4.78 is 5.78. The zero-order chi connectivity index (χ0) is 16.2. The molecule has 2 aromatic rings. The monoisotopic (exact) mass is 346 g/mol. The molecule has 0 spiro atoms. The fourth-order valence-electron chi connectivity index (χ4n) is 2.94. The number of hydrogen-bond acceptors (Lipinski definition) is 3. The van der Waals surface area contributed by atoms with Crippen molar-refractivity contribution in [3.05, 3.63) is 65.7 Å². The van der Waals surface area contributed by atoms with E-state index in [-0.39, 0.29) is 30.5 Å². The SMILES string of the molecule is CC1CN(C(=O)Cc2ccc(N)cc2)C(c2ccccc2)CO1.Cl. The van der Waals surface area contributed by atoms with Crippen molar-refractivity contribution in [3.63, 3.8) is 0 Å². The van der Waals surface area contributed by atoms with Crippen molar-refractivity contribution in [2.24, 2.45) is 0 Å². The van der Waals surface area contributed by atoms with E-state index in [1.54, 1.807) is 0 Å². The van der Waals surface area contributed by atoms with Crippen LogP contribution >= 0.6 is 12.4 Å². The van der Waals surface area contributed by atoms with Gasteiger partial charge < -0.3 is 15.4 Å². The smallest absolute Gasteiger partial charge is 0.227 e. The molecule has 1 fully saturated rings. The minimum absolute atomic E-state index is 0. The summed E-state index contributed by atoms with van der Waals surface area (Å²) >= 11 is 0. The third kappa shape index (κ3) is 4.28. The van der Waals surface area contributed by atoms with Crippen LogP contribution < -0.4 is 5.73 Å². The van der Waals surface area contributed by atoms with Gasteiger partial charge in [-0.2, -0.15) is 0 Å². The lowest BCUT2D eigenvalue weighted by atomic mass is 10.0. The molecule has 0 aliphatic carbocycles. The highest BCUT2D eigenvalue weighted by atomic mass is 35.5. The fraction of sp³-hybridized carbons (Fsp3) is 0.316. The highest BCUT2D eigenvalue weighted by Gasteiger charge is 2.31. The Morgan fingerprint density at radius 1 is 1.17 bits per heavy atom. The molecule has 3 rings (SSSR count). The Kier molecular flexibility index (Phi) is 6.23. The third-order valence-corrected chi connectivity index (χ3v) is 4.21. The average Bonchev–Trinajstić information content (AvgIpc) is 2.57. The number of rotatable bonds is 3. The van der Waals surface area contributed by atoms with Crippen molar-refractivity contribution in [2.45, 2.75) is 25.5 Å². The molecule has 1 aliphatic rings. The number of benzene rings is 2. The summed E-state index contributed by atoms with van der Waals surface area (Å²) in [7, 11) is 0. The van der Waals surface area contributed by atoms with E-state index >= 15 is 0 Å². The van der Waals surface area contributed by atoms with Crippen LogP contribution in [0.1, 0.15) is 24.1 Å². The van der Waals surface area contributed by atoms with Crippen molar-refractivity contribution < 1.29 is 9.53 Å². The number of carbonyl (C=O) groups excluding carboxylic acids is 1. The summed E-state index contributed by atoms with van der Waals surface area (Å²) in [5.74, 6) is 0.124.